The van der Waals surface area contributed by atoms with Crippen molar-refractivity contribution < 1.29 is 14.3 Å². The molecule has 1 heterocycles. The lowest BCUT2D eigenvalue weighted by molar-refractivity contribution is 0.138. The minimum Gasteiger partial charge on any atom is -0.491 e. The van der Waals surface area contributed by atoms with Crippen LogP contribution in [0.4, 0.5) is 4.79 Å². The van der Waals surface area contributed by atoms with Crippen molar-refractivity contribution in [3.63, 3.8) is 0 Å². The van der Waals surface area contributed by atoms with Gasteiger partial charge in [0.05, 0.1) is 7.11 Å². The number of benzene rings is 1. The highest BCUT2D eigenvalue weighted by atomic mass is 35.5. The Labute approximate surface area is 201 Å². The summed E-state index contributed by atoms with van der Waals surface area (Å²) in [6, 6.07) is 11.4. The Morgan fingerprint density at radius 1 is 1.22 bits per heavy atom. The third kappa shape index (κ3) is 7.12. The second-order valence-electron chi connectivity index (χ2n) is 8.85. The number of rotatable bonds is 10. The van der Waals surface area contributed by atoms with E-state index in [-0.39, 0.29) is 0 Å². The molecule has 1 aliphatic rings. The zero-order valence-corrected chi connectivity index (χ0v) is 20.9. The number of thiophene rings is 1. The van der Waals surface area contributed by atoms with Gasteiger partial charge in [0.25, 0.3) is 0 Å². The van der Waals surface area contributed by atoms with Gasteiger partial charge in [-0.3, -0.25) is 0 Å². The summed E-state index contributed by atoms with van der Waals surface area (Å²) >= 11 is 7.30. The molecule has 176 valence electrons. The maximum atomic E-state index is 12.1. The molecular formula is C25H35ClN2O3S. The van der Waals surface area contributed by atoms with Crippen molar-refractivity contribution in [2.45, 2.75) is 51.0 Å². The van der Waals surface area contributed by atoms with E-state index in [2.05, 4.69) is 54.6 Å². The van der Waals surface area contributed by atoms with Crippen LogP contribution in [0.2, 0.25) is 4.34 Å². The number of nitrogens with zero attached hydrogens (tertiary/aromatic N) is 1. The lowest BCUT2D eigenvalue weighted by atomic mass is 9.76. The maximum Gasteiger partial charge on any atom is 0.412 e. The van der Waals surface area contributed by atoms with Crippen LogP contribution in [0.15, 0.2) is 35.7 Å². The minimum absolute atomic E-state index is 0.366. The Kier molecular flexibility index (Phi) is 9.69. The number of halogens is 1. The average Bonchev–Trinajstić information content (AvgIpc) is 3.14. The molecule has 1 aromatic carbocycles. The van der Waals surface area contributed by atoms with Crippen molar-refractivity contribution in [3.8, 4) is 11.5 Å². The van der Waals surface area contributed by atoms with Gasteiger partial charge in [0, 0.05) is 18.0 Å². The normalized spacial score (nSPS) is 19.5. The van der Waals surface area contributed by atoms with Gasteiger partial charge in [-0.05, 0) is 63.6 Å². The predicted molar refractivity (Wildman–Crippen MR) is 132 cm³/mol. The van der Waals surface area contributed by atoms with E-state index in [9.17, 15) is 4.79 Å². The standard InChI is InChI=1S/C25H35ClN2O3S/c1-28(2)21(14-11-18-7-5-4-6-8-18)20-12-9-19(10-13-20)15-16-27-25(29)31-22-17-32-24(26)23(22)30-3/h4-8,17,19-21H,9-16H2,1-3H3,(H,27,29). The highest BCUT2D eigenvalue weighted by Gasteiger charge is 2.28. The lowest BCUT2D eigenvalue weighted by Gasteiger charge is -2.37. The van der Waals surface area contributed by atoms with E-state index in [4.69, 9.17) is 21.1 Å². The molecule has 32 heavy (non-hydrogen) atoms. The summed E-state index contributed by atoms with van der Waals surface area (Å²) in [4.78, 5) is 14.5. The van der Waals surface area contributed by atoms with Gasteiger partial charge in [0.2, 0.25) is 0 Å². The second kappa shape index (κ2) is 12.5. The van der Waals surface area contributed by atoms with Crippen LogP contribution in [0.5, 0.6) is 11.5 Å². The SMILES string of the molecule is COc1c(OC(=O)NCCC2CCC(C(CCc3ccccc3)N(C)C)CC2)csc1Cl. The highest BCUT2D eigenvalue weighted by molar-refractivity contribution is 7.15. The molecule has 0 saturated heterocycles. The summed E-state index contributed by atoms with van der Waals surface area (Å²) < 4.78 is 11.0. The van der Waals surface area contributed by atoms with E-state index in [1.807, 2.05) is 0 Å². The summed E-state index contributed by atoms with van der Waals surface area (Å²) in [5, 5.41) is 4.55. The van der Waals surface area contributed by atoms with E-state index in [0.29, 0.717) is 34.3 Å². The molecule has 1 amide bonds. The molecule has 1 atom stereocenters. The van der Waals surface area contributed by atoms with Crippen LogP contribution in [-0.2, 0) is 6.42 Å². The minimum atomic E-state index is -0.458. The smallest absolute Gasteiger partial charge is 0.412 e. The molecule has 5 nitrogen and oxygen atoms in total. The first-order chi connectivity index (χ1) is 15.5. The number of amides is 1. The number of hydrogen-bond donors (Lipinski definition) is 1. The fourth-order valence-electron chi connectivity index (χ4n) is 4.81. The van der Waals surface area contributed by atoms with Crippen LogP contribution in [0.1, 0.15) is 44.1 Å². The Balaban J connectivity index is 1.37. The molecule has 1 aliphatic carbocycles. The summed E-state index contributed by atoms with van der Waals surface area (Å²) in [7, 11) is 5.94. The first kappa shape index (κ1) is 24.9. The molecule has 0 bridgehead atoms. The van der Waals surface area contributed by atoms with E-state index in [1.165, 1.54) is 56.1 Å². The predicted octanol–water partition coefficient (Wildman–Crippen LogP) is 6.26. The molecule has 1 unspecified atom stereocenters. The number of methoxy groups -OCH3 is 1. The number of hydrogen-bond acceptors (Lipinski definition) is 5. The zero-order chi connectivity index (χ0) is 22.9. The van der Waals surface area contributed by atoms with Crippen LogP contribution in [-0.4, -0.2) is 44.8 Å². The molecule has 0 radical (unpaired) electrons. The van der Waals surface area contributed by atoms with Gasteiger partial charge in [-0.15, -0.1) is 11.3 Å². The number of carbonyl (C=O) groups is 1. The van der Waals surface area contributed by atoms with Crippen molar-refractivity contribution in [1.29, 1.82) is 0 Å². The molecule has 1 saturated carbocycles. The van der Waals surface area contributed by atoms with Gasteiger partial charge in [0.1, 0.15) is 4.34 Å². The van der Waals surface area contributed by atoms with Gasteiger partial charge in [0.15, 0.2) is 11.5 Å². The number of carbonyl (C=O) groups excluding carboxylic acids is 1. The molecule has 0 spiro atoms. The summed E-state index contributed by atoms with van der Waals surface area (Å²) in [6.45, 7) is 0.624. The maximum absolute atomic E-state index is 12.1. The third-order valence-electron chi connectivity index (χ3n) is 6.57. The molecule has 3 rings (SSSR count). The van der Waals surface area contributed by atoms with Crippen molar-refractivity contribution >= 4 is 29.0 Å². The van der Waals surface area contributed by atoms with Crippen molar-refractivity contribution in [1.82, 2.24) is 10.2 Å². The van der Waals surface area contributed by atoms with E-state index >= 15 is 0 Å². The van der Waals surface area contributed by atoms with Gasteiger partial charge in [-0.2, -0.15) is 0 Å². The Hall–Kier alpha value is -1.76. The molecule has 1 N–H and O–H groups in total. The number of nitrogens with one attached hydrogen (secondary N) is 1. The van der Waals surface area contributed by atoms with E-state index < -0.39 is 6.09 Å². The van der Waals surface area contributed by atoms with Crippen LogP contribution < -0.4 is 14.8 Å². The van der Waals surface area contributed by atoms with Crippen molar-refractivity contribution in [2.75, 3.05) is 27.7 Å². The molecule has 7 heteroatoms. The van der Waals surface area contributed by atoms with E-state index in [0.717, 1.165) is 18.8 Å². The van der Waals surface area contributed by atoms with Gasteiger partial charge < -0.3 is 19.7 Å². The topological polar surface area (TPSA) is 50.8 Å². The van der Waals surface area contributed by atoms with Crippen molar-refractivity contribution in [3.05, 3.63) is 45.6 Å². The molecular weight excluding hydrogens is 444 g/mol. The molecule has 2 aromatic rings. The van der Waals surface area contributed by atoms with Gasteiger partial charge in [-0.25, -0.2) is 4.79 Å². The fraction of sp³-hybridized carbons (Fsp3) is 0.560. The van der Waals surface area contributed by atoms with Crippen LogP contribution in [0, 0.1) is 11.8 Å². The quantitative estimate of drug-likeness (QED) is 0.438. The largest absolute Gasteiger partial charge is 0.491 e. The van der Waals surface area contributed by atoms with Gasteiger partial charge >= 0.3 is 6.09 Å². The summed E-state index contributed by atoms with van der Waals surface area (Å²) in [5.74, 6) is 2.19. The molecule has 1 aromatic heterocycles. The molecule has 0 aliphatic heterocycles. The Morgan fingerprint density at radius 3 is 2.59 bits per heavy atom. The highest BCUT2D eigenvalue weighted by Crippen LogP contribution is 2.41. The van der Waals surface area contributed by atoms with E-state index in [1.54, 1.807) is 5.38 Å². The first-order valence-electron chi connectivity index (χ1n) is 11.4. The van der Waals surface area contributed by atoms with Crippen LogP contribution in [0.3, 0.4) is 0 Å². The summed E-state index contributed by atoms with van der Waals surface area (Å²) in [6.07, 6.45) is 7.84. The first-order valence-corrected chi connectivity index (χ1v) is 12.7. The fourth-order valence-corrected chi connectivity index (χ4v) is 5.77. The lowest BCUT2D eigenvalue weighted by Crippen LogP contribution is -2.38. The average molecular weight is 479 g/mol. The van der Waals surface area contributed by atoms with Crippen LogP contribution >= 0.6 is 22.9 Å². The Bertz CT molecular complexity index is 835. The van der Waals surface area contributed by atoms with Gasteiger partial charge in [-0.1, -0.05) is 54.8 Å². The van der Waals surface area contributed by atoms with Crippen LogP contribution in [0.25, 0.3) is 0 Å². The third-order valence-corrected chi connectivity index (χ3v) is 7.73. The molecule has 1 fully saturated rings. The second-order valence-corrected chi connectivity index (χ2v) is 10.3. The number of ether oxygens (including phenoxy) is 2. The summed E-state index contributed by atoms with van der Waals surface area (Å²) in [5.41, 5.74) is 1.42. The monoisotopic (exact) mass is 478 g/mol. The zero-order valence-electron chi connectivity index (χ0n) is 19.3. The van der Waals surface area contributed by atoms with Crippen molar-refractivity contribution in [2.24, 2.45) is 11.8 Å². The number of aryl methyl sites for hydroxylation is 1. The Morgan fingerprint density at radius 2 is 1.94 bits per heavy atom.